The van der Waals surface area contributed by atoms with E-state index in [-0.39, 0.29) is 49.8 Å². The Hall–Kier alpha value is -0.546. The minimum Gasteiger partial charge on any atom is -0.870 e. The van der Waals surface area contributed by atoms with Crippen molar-refractivity contribution in [1.29, 1.82) is 0 Å². The third kappa shape index (κ3) is 56.6. The molecule has 0 heterocycles. The van der Waals surface area contributed by atoms with Crippen LogP contribution in [0.4, 0.5) is 0 Å². The van der Waals surface area contributed by atoms with Crippen molar-refractivity contribution in [3.8, 4) is 0 Å². The van der Waals surface area contributed by atoms with Gasteiger partial charge < -0.3 is 47.9 Å². The van der Waals surface area contributed by atoms with Gasteiger partial charge in [0.05, 0.1) is 11.9 Å². The van der Waals surface area contributed by atoms with Gasteiger partial charge in [0.2, 0.25) is 0 Å². The van der Waals surface area contributed by atoms with Gasteiger partial charge in [0.25, 0.3) is 0 Å². The first-order chi connectivity index (χ1) is 2.64. The van der Waals surface area contributed by atoms with Crippen LogP contribution in [0.5, 0.6) is 0 Å². The fourth-order valence-corrected chi connectivity index (χ4v) is 0. The van der Waals surface area contributed by atoms with E-state index in [0.29, 0.717) is 0 Å². The van der Waals surface area contributed by atoms with Gasteiger partial charge in [0, 0.05) is 21.7 Å². The Morgan fingerprint density at radius 2 is 0.833 bits per heavy atom. The zero-order valence-electron chi connectivity index (χ0n) is 5.92. The maximum absolute atomic E-state index is 8.93. The predicted molar refractivity (Wildman–Crippen MR) is 23.7 cm³/mol. The second-order valence-corrected chi connectivity index (χ2v) is 0.575. The molecule has 0 aliphatic heterocycles. The van der Waals surface area contributed by atoms with Crippen molar-refractivity contribution in [2.24, 2.45) is 0 Å². The topological polar surface area (TPSA) is 237 Å². The largest absolute Gasteiger partial charge is 0.870 e. The van der Waals surface area contributed by atoms with Gasteiger partial charge in [0.1, 0.15) is 0 Å². The van der Waals surface area contributed by atoms with Crippen LogP contribution in [0.1, 0.15) is 0 Å². The Labute approximate surface area is 82.1 Å². The molecule has 8 N–H and O–H groups in total. The van der Waals surface area contributed by atoms with E-state index in [0.717, 1.165) is 0 Å². The van der Waals surface area contributed by atoms with Gasteiger partial charge >= 0.3 is 0 Å². The summed E-state index contributed by atoms with van der Waals surface area (Å²) < 4.78 is 0. The van der Waals surface area contributed by atoms with Crippen LogP contribution in [-0.2, 0) is 31.3 Å². The van der Waals surface area contributed by atoms with Crippen LogP contribution >= 0.6 is 0 Å². The van der Waals surface area contributed by atoms with Gasteiger partial charge in [-0.2, -0.15) is 0 Å². The fraction of sp³-hybridized carbons (Fsp3) is 0. The Kier molecular flexibility index (Phi) is 165. The summed E-state index contributed by atoms with van der Waals surface area (Å²) in [6, 6.07) is 0. The average molecular weight is 222 g/mol. The molecule has 0 bridgehead atoms. The van der Waals surface area contributed by atoms with Crippen LogP contribution in [0, 0.1) is 0 Å². The number of carbonyl (C=O) groups excluding carboxylic acids is 2. The Bertz CT molecular complexity index is 83.1. The van der Waals surface area contributed by atoms with E-state index in [1.165, 1.54) is 0 Å². The first-order valence-electron chi connectivity index (χ1n) is 1.07. The van der Waals surface area contributed by atoms with Gasteiger partial charge in [0.15, 0.2) is 0 Å². The molecule has 0 radical (unpaired) electrons. The fourth-order valence-electron chi connectivity index (χ4n) is 0. The molecule has 0 atom stereocenters. The summed E-state index contributed by atoms with van der Waals surface area (Å²) in [6.07, 6.45) is 0. The van der Waals surface area contributed by atoms with Gasteiger partial charge in [-0.3, -0.25) is 0 Å². The van der Waals surface area contributed by atoms with Crippen LogP contribution in [0.25, 0.3) is 0 Å². The summed E-state index contributed by atoms with van der Waals surface area (Å²) in [5.74, 6) is -4.37. The summed E-state index contributed by atoms with van der Waals surface area (Å²) in [5, 5.41) is 17.9. The van der Waals surface area contributed by atoms with E-state index in [4.69, 9.17) is 19.8 Å². The van der Waals surface area contributed by atoms with Crippen LogP contribution in [0.15, 0.2) is 0 Å². The smallest absolute Gasteiger partial charge is 0.0870 e. The predicted octanol–water partition coefficient (Wildman–Crippen LogP) is -3.85. The monoisotopic (exact) mass is 222 g/mol. The van der Waals surface area contributed by atoms with Crippen molar-refractivity contribution < 1.29 is 63.4 Å². The third-order valence-electron chi connectivity index (χ3n) is 0.167. The van der Waals surface area contributed by atoms with Crippen molar-refractivity contribution in [3.63, 3.8) is 0 Å². The van der Waals surface area contributed by atoms with Crippen molar-refractivity contribution in [2.45, 2.75) is 0 Å². The Morgan fingerprint density at radius 1 is 0.750 bits per heavy atom. The summed E-state index contributed by atoms with van der Waals surface area (Å²) in [7, 11) is 0. The number of rotatable bonds is 0. The molecule has 0 saturated heterocycles. The van der Waals surface area contributed by atoms with Crippen molar-refractivity contribution in [3.05, 3.63) is 0 Å². The average Bonchev–Trinajstić information content (AvgIpc) is 1.36. The molecule has 0 fully saturated rings. The molecule has 0 rings (SSSR count). The van der Waals surface area contributed by atoms with Crippen molar-refractivity contribution >= 4 is 11.9 Å². The molecule has 0 spiro atoms. The van der Waals surface area contributed by atoms with E-state index < -0.39 is 11.9 Å². The molecule has 0 amide bonds. The maximum atomic E-state index is 8.93. The zero-order chi connectivity index (χ0) is 5.15. The minimum absolute atomic E-state index is 0. The molecule has 0 aromatic heterocycles. The molecule has 10 heteroatoms. The van der Waals surface area contributed by atoms with E-state index in [9.17, 15) is 0 Å². The number of carbonyl (C=O) groups is 2. The summed E-state index contributed by atoms with van der Waals surface area (Å²) >= 11 is 0. The standard InChI is InChI=1S/C2H2O4.H3N.4H2O.Ti/c3-1(4)2(5)6;;;;;;/h(H,3,4)(H,5,6);1H3;4*1H2;/p-5. The Balaban J connectivity index is -0.00000000833. The summed E-state index contributed by atoms with van der Waals surface area (Å²) in [5.41, 5.74) is 0. The SMILES string of the molecule is O=C([O-])C(=O)[O-].[NH4+].[OH-].[OH-].[OH-].[OH-].[Ti]. The number of hydrogen-bond donors (Lipinski definition) is 1. The first kappa shape index (κ1) is 63.1. The summed E-state index contributed by atoms with van der Waals surface area (Å²) in [6.45, 7) is 0. The van der Waals surface area contributed by atoms with E-state index >= 15 is 0 Å². The zero-order valence-corrected chi connectivity index (χ0v) is 7.48. The van der Waals surface area contributed by atoms with Crippen LogP contribution < -0.4 is 16.4 Å². The van der Waals surface area contributed by atoms with Crippen LogP contribution in [-0.4, -0.2) is 33.8 Å². The molecule has 12 heavy (non-hydrogen) atoms. The van der Waals surface area contributed by atoms with E-state index in [2.05, 4.69) is 0 Å². The van der Waals surface area contributed by atoms with Crippen molar-refractivity contribution in [1.82, 2.24) is 6.15 Å². The molecule has 0 aliphatic carbocycles. The molecule has 0 unspecified atom stereocenters. The number of carboxylic acid groups (broad SMARTS) is 2. The molecule has 0 aromatic rings. The molecular formula is C2H8NO8Ti-5. The van der Waals surface area contributed by atoms with Gasteiger partial charge in [-0.05, 0) is 0 Å². The number of aliphatic carboxylic acids is 2. The van der Waals surface area contributed by atoms with Crippen LogP contribution in [0.3, 0.4) is 0 Å². The molecule has 0 aromatic carbocycles. The van der Waals surface area contributed by atoms with Crippen LogP contribution in [0.2, 0.25) is 0 Å². The summed E-state index contributed by atoms with van der Waals surface area (Å²) in [4.78, 5) is 17.9. The minimum atomic E-state index is -2.19. The normalized spacial score (nSPS) is 3.67. The molecule has 78 valence electrons. The second-order valence-electron chi connectivity index (χ2n) is 0.575. The molecular weight excluding hydrogens is 214 g/mol. The van der Waals surface area contributed by atoms with E-state index in [1.807, 2.05) is 0 Å². The van der Waals surface area contributed by atoms with Crippen molar-refractivity contribution in [2.75, 3.05) is 0 Å². The maximum Gasteiger partial charge on any atom is 0.0870 e. The molecule has 0 aliphatic rings. The van der Waals surface area contributed by atoms with Gasteiger partial charge in [-0.1, -0.05) is 0 Å². The third-order valence-corrected chi connectivity index (χ3v) is 0.167. The van der Waals surface area contributed by atoms with Gasteiger partial charge in [-0.15, -0.1) is 0 Å². The van der Waals surface area contributed by atoms with E-state index in [1.54, 1.807) is 0 Å². The second kappa shape index (κ2) is 31.4. The number of carboxylic acids is 2. The number of quaternary nitrogens is 1. The molecule has 0 saturated carbocycles. The molecule has 9 nitrogen and oxygen atoms in total. The number of hydrogen-bond acceptors (Lipinski definition) is 8. The first-order valence-corrected chi connectivity index (χ1v) is 1.07. The quantitative estimate of drug-likeness (QED) is 0.313. The Morgan fingerprint density at radius 3 is 0.833 bits per heavy atom. The van der Waals surface area contributed by atoms with Gasteiger partial charge in [-0.25, -0.2) is 0 Å².